The highest BCUT2D eigenvalue weighted by atomic mass is 32.2. The maximum atomic E-state index is 5.57. The maximum Gasteiger partial charge on any atom is 0.280 e. The van der Waals surface area contributed by atoms with Gasteiger partial charge in [-0.2, -0.15) is 0 Å². The van der Waals surface area contributed by atoms with Gasteiger partial charge in [0.05, 0.1) is 24.5 Å². The van der Waals surface area contributed by atoms with Crippen LogP contribution in [-0.2, 0) is 0 Å². The predicted octanol–water partition coefficient (Wildman–Crippen LogP) is 6.75. The Hall–Kier alpha value is -2.30. The summed E-state index contributed by atoms with van der Waals surface area (Å²) < 4.78 is 12.3. The minimum atomic E-state index is 0.919. The minimum absolute atomic E-state index is 0.919. The Balaban J connectivity index is 1.83. The van der Waals surface area contributed by atoms with E-state index in [1.54, 1.807) is 37.3 Å². The van der Waals surface area contributed by atoms with Crippen LogP contribution in [0.3, 0.4) is 0 Å². The smallest absolute Gasteiger partial charge is 0.280 e. The van der Waals surface area contributed by atoms with E-state index in [1.165, 1.54) is 36.6 Å². The van der Waals surface area contributed by atoms with Crippen molar-refractivity contribution in [2.75, 3.05) is 14.2 Å². The molecule has 0 unspecified atom stereocenters. The number of allylic oxidation sites excluding steroid dienone is 2. The molecule has 1 aliphatic rings. The summed E-state index contributed by atoms with van der Waals surface area (Å²) in [6.07, 6.45) is 4.49. The van der Waals surface area contributed by atoms with E-state index in [9.17, 15) is 0 Å². The van der Waals surface area contributed by atoms with E-state index in [0.717, 1.165) is 11.5 Å². The van der Waals surface area contributed by atoms with Crippen LogP contribution in [0.2, 0.25) is 0 Å². The second-order valence-electron chi connectivity index (χ2n) is 6.03. The Morgan fingerprint density at radius 3 is 2.54 bits per heavy atom. The van der Waals surface area contributed by atoms with Crippen molar-refractivity contribution < 1.29 is 9.47 Å². The molecule has 1 aromatic heterocycles. The highest BCUT2D eigenvalue weighted by molar-refractivity contribution is 8.03. The van der Waals surface area contributed by atoms with E-state index in [-0.39, 0.29) is 0 Å². The standard InChI is InChI=1S/C22H19O2S2/c1-14-12-16(26-22-17(14)6-4-9-20(22)24-3)13-15-10-11-25-21-18(15)7-5-8-19(21)23-2/h4-13H,1-3H3/q+1. The van der Waals surface area contributed by atoms with Gasteiger partial charge in [0.1, 0.15) is 5.75 Å². The van der Waals surface area contributed by atoms with Gasteiger partial charge in [0, 0.05) is 11.0 Å². The monoisotopic (exact) mass is 379 g/mol. The second kappa shape index (κ2) is 7.14. The molecule has 0 bridgehead atoms. The van der Waals surface area contributed by atoms with Gasteiger partial charge in [0.15, 0.2) is 11.1 Å². The number of thioether (sulfide) groups is 1. The van der Waals surface area contributed by atoms with E-state index < -0.39 is 0 Å². The topological polar surface area (TPSA) is 18.5 Å². The molecule has 0 atom stereocenters. The Bertz CT molecular complexity index is 1050. The zero-order chi connectivity index (χ0) is 18.1. The first-order valence-electron chi connectivity index (χ1n) is 8.34. The van der Waals surface area contributed by atoms with Gasteiger partial charge in [-0.3, -0.25) is 0 Å². The van der Waals surface area contributed by atoms with Gasteiger partial charge in [0.2, 0.25) is 11.3 Å². The van der Waals surface area contributed by atoms with Gasteiger partial charge in [0.25, 0.3) is 4.70 Å². The number of ether oxygens (including phenoxy) is 2. The van der Waals surface area contributed by atoms with Gasteiger partial charge in [-0.25, -0.2) is 0 Å². The van der Waals surface area contributed by atoms with E-state index in [2.05, 4.69) is 42.7 Å². The molecule has 0 aliphatic carbocycles. The largest absolute Gasteiger partial charge is 0.496 e. The summed E-state index contributed by atoms with van der Waals surface area (Å²) in [5, 5.41) is 3.33. The Kier molecular flexibility index (Phi) is 4.70. The molecule has 0 spiro atoms. The number of rotatable bonds is 3. The van der Waals surface area contributed by atoms with E-state index in [1.807, 2.05) is 24.3 Å². The molecule has 1 aliphatic heterocycles. The van der Waals surface area contributed by atoms with Gasteiger partial charge in [-0.15, -0.1) is 0 Å². The Labute approximate surface area is 161 Å². The summed E-state index contributed by atoms with van der Waals surface area (Å²) >= 11 is 3.46. The number of hydrogen-bond acceptors (Lipinski definition) is 3. The first-order chi connectivity index (χ1) is 12.7. The van der Waals surface area contributed by atoms with Crippen molar-refractivity contribution in [2.24, 2.45) is 0 Å². The molecule has 2 nitrogen and oxygen atoms in total. The third-order valence-electron chi connectivity index (χ3n) is 4.44. The van der Waals surface area contributed by atoms with Crippen LogP contribution in [-0.4, -0.2) is 14.2 Å². The molecule has 2 aromatic carbocycles. The summed E-state index contributed by atoms with van der Waals surface area (Å²) in [6.45, 7) is 2.15. The minimum Gasteiger partial charge on any atom is -0.496 e. The zero-order valence-electron chi connectivity index (χ0n) is 14.9. The summed E-state index contributed by atoms with van der Waals surface area (Å²) in [4.78, 5) is 2.39. The first-order valence-corrected chi connectivity index (χ1v) is 10.0. The molecule has 0 radical (unpaired) electrons. The van der Waals surface area contributed by atoms with E-state index >= 15 is 0 Å². The summed E-state index contributed by atoms with van der Waals surface area (Å²) in [5.41, 5.74) is 3.69. The van der Waals surface area contributed by atoms with Crippen LogP contribution in [0.5, 0.6) is 11.5 Å². The third-order valence-corrected chi connectivity index (χ3v) is 6.47. The molecule has 0 N–H and O–H groups in total. The normalized spacial score (nSPS) is 14.9. The molecular weight excluding hydrogens is 360 g/mol. The highest BCUT2D eigenvalue weighted by Gasteiger charge is 2.19. The van der Waals surface area contributed by atoms with Crippen molar-refractivity contribution in [3.8, 4) is 11.5 Å². The van der Waals surface area contributed by atoms with Gasteiger partial charge < -0.3 is 9.47 Å². The van der Waals surface area contributed by atoms with E-state index in [0.29, 0.717) is 0 Å². The fraction of sp³-hybridized carbons (Fsp3) is 0.136. The van der Waals surface area contributed by atoms with Crippen LogP contribution < -0.4 is 9.47 Å². The second-order valence-corrected chi connectivity index (χ2v) is 8.03. The van der Waals surface area contributed by atoms with Crippen molar-refractivity contribution in [3.63, 3.8) is 0 Å². The number of hydrogen-bond donors (Lipinski definition) is 0. The fourth-order valence-corrected chi connectivity index (χ4v) is 5.35. The molecule has 0 saturated carbocycles. The lowest BCUT2D eigenvalue weighted by Gasteiger charge is -2.19. The van der Waals surface area contributed by atoms with E-state index in [4.69, 9.17) is 9.47 Å². The molecule has 0 fully saturated rings. The predicted molar refractivity (Wildman–Crippen MR) is 113 cm³/mol. The zero-order valence-corrected chi connectivity index (χ0v) is 16.5. The average molecular weight is 380 g/mol. The van der Waals surface area contributed by atoms with Crippen molar-refractivity contribution in [1.82, 2.24) is 0 Å². The van der Waals surface area contributed by atoms with Crippen LogP contribution in [0, 0.1) is 0 Å². The molecule has 26 heavy (non-hydrogen) atoms. The summed E-state index contributed by atoms with van der Waals surface area (Å²) in [7, 11) is 3.45. The maximum absolute atomic E-state index is 5.57. The Morgan fingerprint density at radius 1 is 0.962 bits per heavy atom. The van der Waals surface area contributed by atoms with Crippen LogP contribution in [0.4, 0.5) is 0 Å². The van der Waals surface area contributed by atoms with Crippen LogP contribution in [0.15, 0.2) is 63.7 Å². The lowest BCUT2D eigenvalue weighted by molar-refractivity contribution is 0.404. The molecule has 3 aromatic rings. The Morgan fingerprint density at radius 2 is 1.73 bits per heavy atom. The van der Waals surface area contributed by atoms with Crippen LogP contribution in [0.25, 0.3) is 21.7 Å². The van der Waals surface area contributed by atoms with Gasteiger partial charge >= 0.3 is 0 Å². The molecular formula is C22H19O2S2+. The average Bonchev–Trinajstić information content (AvgIpc) is 2.67. The number of benzene rings is 2. The highest BCUT2D eigenvalue weighted by Crippen LogP contribution is 2.46. The summed E-state index contributed by atoms with van der Waals surface area (Å²) in [5.74, 6) is 1.84. The number of methoxy groups -OCH3 is 2. The van der Waals surface area contributed by atoms with Crippen molar-refractivity contribution in [3.05, 3.63) is 70.0 Å². The first kappa shape index (κ1) is 17.1. The van der Waals surface area contributed by atoms with Crippen LogP contribution >= 0.6 is 23.1 Å². The molecule has 4 heteroatoms. The fourth-order valence-electron chi connectivity index (χ4n) is 3.17. The molecule has 130 valence electrons. The molecule has 2 heterocycles. The molecule has 4 rings (SSSR count). The number of fused-ring (bicyclic) bond motifs is 2. The van der Waals surface area contributed by atoms with Crippen molar-refractivity contribution >= 4 is 44.8 Å². The van der Waals surface area contributed by atoms with Crippen molar-refractivity contribution in [2.45, 2.75) is 11.8 Å². The molecule has 0 saturated heterocycles. The SMILES string of the molecule is COc1cccc2c1S/C(=C/c1cc[s+]c3c(OC)cccc13)C=C2C. The molecule has 0 amide bonds. The third kappa shape index (κ3) is 3.00. The van der Waals surface area contributed by atoms with Crippen LogP contribution in [0.1, 0.15) is 18.1 Å². The van der Waals surface area contributed by atoms with Gasteiger partial charge in [-0.1, -0.05) is 30.0 Å². The lowest BCUT2D eigenvalue weighted by Crippen LogP contribution is -1.95. The van der Waals surface area contributed by atoms with Gasteiger partial charge in [-0.05, 0) is 54.0 Å². The van der Waals surface area contributed by atoms with Crippen molar-refractivity contribution in [1.29, 1.82) is 0 Å². The lowest BCUT2D eigenvalue weighted by atomic mass is 10.1. The summed E-state index contributed by atoms with van der Waals surface area (Å²) in [6, 6.07) is 14.6. The quantitative estimate of drug-likeness (QED) is 0.469.